The first-order chi connectivity index (χ1) is 9.71. The molecule has 0 aromatic carbocycles. The third kappa shape index (κ3) is 2.96. The van der Waals surface area contributed by atoms with Crippen LogP contribution in [0.1, 0.15) is 31.7 Å². The maximum Gasteiger partial charge on any atom is 0.217 e. The molecule has 1 aliphatic heterocycles. The highest BCUT2D eigenvalue weighted by Crippen LogP contribution is 2.40. The molecular formula is C16H25N3O. The summed E-state index contributed by atoms with van der Waals surface area (Å²) in [6, 6.07) is 4.12. The van der Waals surface area contributed by atoms with E-state index in [4.69, 9.17) is 4.74 Å². The van der Waals surface area contributed by atoms with E-state index in [-0.39, 0.29) is 5.54 Å². The Kier molecular flexibility index (Phi) is 3.94. The maximum atomic E-state index is 5.38. The highest BCUT2D eigenvalue weighted by molar-refractivity contribution is 5.25. The average molecular weight is 275 g/mol. The number of hydrogen-bond donors (Lipinski definition) is 1. The van der Waals surface area contributed by atoms with Crippen molar-refractivity contribution >= 4 is 0 Å². The summed E-state index contributed by atoms with van der Waals surface area (Å²) in [4.78, 5) is 6.86. The van der Waals surface area contributed by atoms with Crippen molar-refractivity contribution in [3.8, 4) is 5.88 Å². The zero-order valence-corrected chi connectivity index (χ0v) is 12.6. The van der Waals surface area contributed by atoms with Gasteiger partial charge in [-0.25, -0.2) is 4.98 Å². The molecule has 0 bridgehead atoms. The Balaban J connectivity index is 1.72. The van der Waals surface area contributed by atoms with Crippen molar-refractivity contribution in [3.05, 3.63) is 23.9 Å². The molecule has 0 radical (unpaired) electrons. The van der Waals surface area contributed by atoms with Gasteiger partial charge in [0.05, 0.1) is 7.11 Å². The summed E-state index contributed by atoms with van der Waals surface area (Å²) in [5.74, 6) is 1.62. The Bertz CT molecular complexity index is 461. The summed E-state index contributed by atoms with van der Waals surface area (Å²) >= 11 is 0. The Morgan fingerprint density at radius 2 is 2.35 bits per heavy atom. The van der Waals surface area contributed by atoms with Crippen LogP contribution in [-0.2, 0) is 6.54 Å². The molecule has 3 rings (SSSR count). The van der Waals surface area contributed by atoms with Crippen molar-refractivity contribution < 1.29 is 4.74 Å². The van der Waals surface area contributed by atoms with Gasteiger partial charge >= 0.3 is 0 Å². The second-order valence-electron chi connectivity index (χ2n) is 6.35. The second-order valence-corrected chi connectivity index (χ2v) is 6.35. The van der Waals surface area contributed by atoms with Gasteiger partial charge in [0.25, 0.3) is 0 Å². The quantitative estimate of drug-likeness (QED) is 0.912. The third-order valence-electron chi connectivity index (χ3n) is 4.65. The smallest absolute Gasteiger partial charge is 0.217 e. The average Bonchev–Trinajstić information content (AvgIpc) is 3.28. The Labute approximate surface area is 121 Å². The highest BCUT2D eigenvalue weighted by Gasteiger charge is 2.42. The van der Waals surface area contributed by atoms with Crippen molar-refractivity contribution in [2.24, 2.45) is 5.92 Å². The van der Waals surface area contributed by atoms with Crippen LogP contribution in [0.4, 0.5) is 0 Å². The zero-order chi connectivity index (χ0) is 14.0. The van der Waals surface area contributed by atoms with E-state index in [1.165, 1.54) is 24.8 Å². The number of ether oxygens (including phenoxy) is 1. The van der Waals surface area contributed by atoms with Gasteiger partial charge in [-0.15, -0.1) is 0 Å². The molecule has 0 amide bonds. The number of nitrogens with zero attached hydrogens (tertiary/aromatic N) is 2. The summed E-state index contributed by atoms with van der Waals surface area (Å²) in [5, 5.41) is 3.78. The molecule has 4 heteroatoms. The van der Waals surface area contributed by atoms with Crippen molar-refractivity contribution in [1.82, 2.24) is 15.2 Å². The zero-order valence-electron chi connectivity index (χ0n) is 12.6. The summed E-state index contributed by atoms with van der Waals surface area (Å²) < 4.78 is 5.38. The minimum atomic E-state index is 0.284. The maximum absolute atomic E-state index is 5.38. The molecule has 1 aromatic rings. The summed E-state index contributed by atoms with van der Waals surface area (Å²) in [6.07, 6.45) is 5.77. The van der Waals surface area contributed by atoms with Crippen LogP contribution in [0.15, 0.2) is 18.3 Å². The lowest BCUT2D eigenvalue weighted by Crippen LogP contribution is -2.50. The van der Waals surface area contributed by atoms with Crippen LogP contribution in [-0.4, -0.2) is 42.2 Å². The molecule has 1 atom stereocenters. The van der Waals surface area contributed by atoms with Crippen molar-refractivity contribution in [2.45, 2.75) is 38.3 Å². The number of methoxy groups -OCH3 is 1. The van der Waals surface area contributed by atoms with Crippen LogP contribution in [0.5, 0.6) is 5.88 Å². The number of pyridine rings is 1. The molecule has 4 nitrogen and oxygen atoms in total. The molecule has 1 aromatic heterocycles. The molecule has 1 saturated carbocycles. The standard InChI is InChI=1S/C16H25N3O/c1-16(14-6-7-14)12-19(10-4-9-18-16)11-13-5-3-8-17-15(13)20-2/h3,5,8,14,18H,4,6-7,9-12H2,1-2H3. The minimum Gasteiger partial charge on any atom is -0.481 e. The summed E-state index contributed by atoms with van der Waals surface area (Å²) in [5.41, 5.74) is 1.47. The molecule has 2 heterocycles. The first-order valence-electron chi connectivity index (χ1n) is 7.66. The second kappa shape index (κ2) is 5.70. The van der Waals surface area contributed by atoms with Gasteiger partial charge < -0.3 is 10.1 Å². The summed E-state index contributed by atoms with van der Waals surface area (Å²) in [6.45, 7) is 6.72. The van der Waals surface area contributed by atoms with E-state index in [1.54, 1.807) is 13.3 Å². The predicted octanol–water partition coefficient (Wildman–Crippen LogP) is 2.05. The van der Waals surface area contributed by atoms with E-state index in [9.17, 15) is 0 Å². The number of hydrogen-bond acceptors (Lipinski definition) is 4. The number of nitrogens with one attached hydrogen (secondary N) is 1. The minimum absolute atomic E-state index is 0.284. The molecule has 1 aliphatic carbocycles. The molecule has 1 unspecified atom stereocenters. The number of aromatic nitrogens is 1. The highest BCUT2D eigenvalue weighted by atomic mass is 16.5. The predicted molar refractivity (Wildman–Crippen MR) is 79.8 cm³/mol. The van der Waals surface area contributed by atoms with Gasteiger partial charge in [0.15, 0.2) is 0 Å². The van der Waals surface area contributed by atoms with E-state index in [2.05, 4.69) is 28.2 Å². The van der Waals surface area contributed by atoms with Crippen LogP contribution in [0.25, 0.3) is 0 Å². The molecule has 2 fully saturated rings. The fraction of sp³-hybridized carbons (Fsp3) is 0.688. The van der Waals surface area contributed by atoms with Gasteiger partial charge in [0.1, 0.15) is 0 Å². The molecule has 1 saturated heterocycles. The molecular weight excluding hydrogens is 250 g/mol. The largest absolute Gasteiger partial charge is 0.481 e. The molecule has 1 N–H and O–H groups in total. The molecule has 110 valence electrons. The van der Waals surface area contributed by atoms with Crippen LogP contribution in [0.2, 0.25) is 0 Å². The van der Waals surface area contributed by atoms with Gasteiger partial charge in [0, 0.05) is 30.4 Å². The van der Waals surface area contributed by atoms with Crippen molar-refractivity contribution in [1.29, 1.82) is 0 Å². The van der Waals surface area contributed by atoms with E-state index in [0.717, 1.165) is 38.0 Å². The fourth-order valence-electron chi connectivity index (χ4n) is 3.37. The van der Waals surface area contributed by atoms with Crippen LogP contribution in [0.3, 0.4) is 0 Å². The Morgan fingerprint density at radius 1 is 1.50 bits per heavy atom. The molecule has 2 aliphatic rings. The first-order valence-corrected chi connectivity index (χ1v) is 7.66. The molecule has 0 spiro atoms. The van der Waals surface area contributed by atoms with Crippen molar-refractivity contribution in [2.75, 3.05) is 26.7 Å². The normalized spacial score (nSPS) is 28.1. The van der Waals surface area contributed by atoms with Crippen molar-refractivity contribution in [3.63, 3.8) is 0 Å². The molecule has 20 heavy (non-hydrogen) atoms. The lowest BCUT2D eigenvalue weighted by molar-refractivity contribution is 0.193. The van der Waals surface area contributed by atoms with E-state index >= 15 is 0 Å². The monoisotopic (exact) mass is 275 g/mol. The van der Waals surface area contributed by atoms with Gasteiger partial charge in [0.2, 0.25) is 5.88 Å². The number of rotatable bonds is 4. The van der Waals surface area contributed by atoms with Crippen LogP contribution >= 0.6 is 0 Å². The topological polar surface area (TPSA) is 37.4 Å². The van der Waals surface area contributed by atoms with E-state index < -0.39 is 0 Å². The lowest BCUT2D eigenvalue weighted by atomic mass is 9.95. The Morgan fingerprint density at radius 3 is 3.10 bits per heavy atom. The first kappa shape index (κ1) is 13.8. The van der Waals surface area contributed by atoms with Gasteiger partial charge in [-0.05, 0) is 51.3 Å². The lowest BCUT2D eigenvalue weighted by Gasteiger charge is -2.34. The van der Waals surface area contributed by atoms with Gasteiger partial charge in [-0.1, -0.05) is 6.07 Å². The van der Waals surface area contributed by atoms with Gasteiger partial charge in [-0.3, -0.25) is 4.90 Å². The van der Waals surface area contributed by atoms with Crippen LogP contribution in [0, 0.1) is 5.92 Å². The van der Waals surface area contributed by atoms with Crippen LogP contribution < -0.4 is 10.1 Å². The Hall–Kier alpha value is -1.13. The fourth-order valence-corrected chi connectivity index (χ4v) is 3.37. The van der Waals surface area contributed by atoms with E-state index in [0.29, 0.717) is 0 Å². The summed E-state index contributed by atoms with van der Waals surface area (Å²) in [7, 11) is 1.70. The third-order valence-corrected chi connectivity index (χ3v) is 4.65. The van der Waals surface area contributed by atoms with Gasteiger partial charge in [-0.2, -0.15) is 0 Å². The SMILES string of the molecule is COc1ncccc1CN1CCCNC(C)(C2CC2)C1. The van der Waals surface area contributed by atoms with E-state index in [1.807, 2.05) is 6.07 Å².